The molecule has 0 spiro atoms. The van der Waals surface area contributed by atoms with Crippen molar-refractivity contribution in [3.05, 3.63) is 0 Å². The molecule has 0 amide bonds. The van der Waals surface area contributed by atoms with Gasteiger partial charge in [0.1, 0.15) is 0 Å². The Kier molecular flexibility index (Phi) is 3.71. The molecule has 1 aliphatic rings. The molecule has 1 unspecified atom stereocenters. The highest BCUT2D eigenvalue weighted by molar-refractivity contribution is 4.91. The maximum Gasteiger partial charge on any atom is 0.0830 e. The van der Waals surface area contributed by atoms with Gasteiger partial charge in [0.25, 0.3) is 0 Å². The molecule has 0 N–H and O–H groups in total. The van der Waals surface area contributed by atoms with Gasteiger partial charge < -0.3 is 9.47 Å². The van der Waals surface area contributed by atoms with Crippen LogP contribution in [0.5, 0.6) is 0 Å². The predicted octanol–water partition coefficient (Wildman–Crippen LogP) is 1.73. The first-order valence-electron chi connectivity index (χ1n) is 4.75. The third kappa shape index (κ3) is 3.75. The van der Waals surface area contributed by atoms with Gasteiger partial charge in [-0.3, -0.25) is 0 Å². The fourth-order valence-corrected chi connectivity index (χ4v) is 1.18. The molecule has 0 radical (unpaired) electrons. The second kappa shape index (κ2) is 4.59. The molecule has 0 aromatic rings. The summed E-state index contributed by atoms with van der Waals surface area (Å²) in [7, 11) is 0. The SMILES string of the molecule is CC(C)(C#N)CCOC1CCOC1. The van der Waals surface area contributed by atoms with Gasteiger partial charge in [-0.25, -0.2) is 0 Å². The van der Waals surface area contributed by atoms with Gasteiger partial charge in [-0.1, -0.05) is 0 Å². The molecule has 0 bridgehead atoms. The lowest BCUT2D eigenvalue weighted by atomic mass is 9.92. The summed E-state index contributed by atoms with van der Waals surface area (Å²) in [5.74, 6) is 0. The van der Waals surface area contributed by atoms with Crippen LogP contribution < -0.4 is 0 Å². The van der Waals surface area contributed by atoms with E-state index in [4.69, 9.17) is 14.7 Å². The Labute approximate surface area is 79.6 Å². The Hall–Kier alpha value is -0.590. The molecular weight excluding hydrogens is 166 g/mol. The molecule has 1 fully saturated rings. The quantitative estimate of drug-likeness (QED) is 0.666. The number of hydrogen-bond donors (Lipinski definition) is 0. The highest BCUT2D eigenvalue weighted by atomic mass is 16.5. The van der Waals surface area contributed by atoms with E-state index in [1.54, 1.807) is 0 Å². The van der Waals surface area contributed by atoms with E-state index in [-0.39, 0.29) is 11.5 Å². The average Bonchev–Trinajstić information content (AvgIpc) is 2.57. The van der Waals surface area contributed by atoms with E-state index in [2.05, 4.69) is 6.07 Å². The van der Waals surface area contributed by atoms with Gasteiger partial charge in [0.2, 0.25) is 0 Å². The summed E-state index contributed by atoms with van der Waals surface area (Å²) in [6.45, 7) is 6.05. The molecule has 13 heavy (non-hydrogen) atoms. The van der Waals surface area contributed by atoms with Crippen LogP contribution in [-0.2, 0) is 9.47 Å². The molecule has 3 nitrogen and oxygen atoms in total. The maximum absolute atomic E-state index is 8.76. The van der Waals surface area contributed by atoms with E-state index < -0.39 is 0 Å². The molecule has 1 atom stereocenters. The van der Waals surface area contributed by atoms with Crippen molar-refractivity contribution < 1.29 is 9.47 Å². The highest BCUT2D eigenvalue weighted by Gasteiger charge is 2.19. The fraction of sp³-hybridized carbons (Fsp3) is 0.900. The van der Waals surface area contributed by atoms with Gasteiger partial charge in [-0.2, -0.15) is 5.26 Å². The van der Waals surface area contributed by atoms with E-state index in [0.29, 0.717) is 13.2 Å². The molecule has 3 heteroatoms. The maximum atomic E-state index is 8.76. The first-order valence-corrected chi connectivity index (χ1v) is 4.75. The van der Waals surface area contributed by atoms with Gasteiger partial charge in [-0.15, -0.1) is 0 Å². The second-order valence-electron chi connectivity index (χ2n) is 4.10. The lowest BCUT2D eigenvalue weighted by molar-refractivity contribution is 0.0329. The summed E-state index contributed by atoms with van der Waals surface area (Å²) in [6, 6.07) is 2.26. The zero-order valence-corrected chi connectivity index (χ0v) is 8.38. The number of nitrogens with zero attached hydrogens (tertiary/aromatic N) is 1. The van der Waals surface area contributed by atoms with Crippen LogP contribution in [0.15, 0.2) is 0 Å². The van der Waals surface area contributed by atoms with Gasteiger partial charge in [0.15, 0.2) is 0 Å². The van der Waals surface area contributed by atoms with Crippen LogP contribution in [0, 0.1) is 16.7 Å². The van der Waals surface area contributed by atoms with Crippen molar-refractivity contribution in [2.45, 2.75) is 32.8 Å². The van der Waals surface area contributed by atoms with E-state index in [9.17, 15) is 0 Å². The minimum absolute atomic E-state index is 0.259. The summed E-state index contributed by atoms with van der Waals surface area (Å²) < 4.78 is 10.7. The molecule has 0 saturated carbocycles. The van der Waals surface area contributed by atoms with E-state index >= 15 is 0 Å². The number of rotatable bonds is 4. The number of ether oxygens (including phenoxy) is 2. The van der Waals surface area contributed by atoms with Crippen molar-refractivity contribution in [2.24, 2.45) is 5.41 Å². The molecular formula is C10H17NO2. The summed E-state index contributed by atoms with van der Waals surface area (Å²) in [5.41, 5.74) is -0.264. The lowest BCUT2D eigenvalue weighted by Crippen LogP contribution is -2.17. The highest BCUT2D eigenvalue weighted by Crippen LogP contribution is 2.19. The fourth-order valence-electron chi connectivity index (χ4n) is 1.18. The zero-order valence-electron chi connectivity index (χ0n) is 8.38. The van der Waals surface area contributed by atoms with Crippen molar-refractivity contribution in [1.82, 2.24) is 0 Å². The predicted molar refractivity (Wildman–Crippen MR) is 49.2 cm³/mol. The third-order valence-electron chi connectivity index (χ3n) is 2.27. The molecule has 1 aliphatic heterocycles. The van der Waals surface area contributed by atoms with Crippen LogP contribution in [0.3, 0.4) is 0 Å². The van der Waals surface area contributed by atoms with Crippen LogP contribution in [0.2, 0.25) is 0 Å². The molecule has 74 valence electrons. The van der Waals surface area contributed by atoms with Crippen LogP contribution in [0.25, 0.3) is 0 Å². The van der Waals surface area contributed by atoms with Crippen LogP contribution in [0.4, 0.5) is 0 Å². The van der Waals surface area contributed by atoms with Crippen molar-refractivity contribution in [1.29, 1.82) is 5.26 Å². The first kappa shape index (κ1) is 10.5. The largest absolute Gasteiger partial charge is 0.379 e. The Morgan fingerprint density at radius 1 is 1.62 bits per heavy atom. The molecule has 1 heterocycles. The smallest absolute Gasteiger partial charge is 0.0830 e. The van der Waals surface area contributed by atoms with Gasteiger partial charge in [0, 0.05) is 13.2 Å². The first-order chi connectivity index (χ1) is 6.14. The Balaban J connectivity index is 2.10. The molecule has 0 aromatic carbocycles. The normalized spacial score (nSPS) is 23.0. The van der Waals surface area contributed by atoms with Crippen molar-refractivity contribution in [2.75, 3.05) is 19.8 Å². The molecule has 1 saturated heterocycles. The van der Waals surface area contributed by atoms with Gasteiger partial charge >= 0.3 is 0 Å². The second-order valence-corrected chi connectivity index (χ2v) is 4.10. The van der Waals surface area contributed by atoms with Gasteiger partial charge in [-0.05, 0) is 26.7 Å². The Bertz CT molecular complexity index is 190. The molecule has 1 rings (SSSR count). The Morgan fingerprint density at radius 2 is 2.38 bits per heavy atom. The topological polar surface area (TPSA) is 42.2 Å². The summed E-state index contributed by atoms with van der Waals surface area (Å²) in [4.78, 5) is 0. The van der Waals surface area contributed by atoms with E-state index in [1.165, 1.54) is 0 Å². The third-order valence-corrected chi connectivity index (χ3v) is 2.27. The van der Waals surface area contributed by atoms with Crippen LogP contribution in [-0.4, -0.2) is 25.9 Å². The van der Waals surface area contributed by atoms with Gasteiger partial charge in [0.05, 0.1) is 24.2 Å². The number of hydrogen-bond acceptors (Lipinski definition) is 3. The Morgan fingerprint density at radius 3 is 2.92 bits per heavy atom. The minimum Gasteiger partial charge on any atom is -0.379 e. The zero-order chi connectivity index (χ0) is 9.73. The summed E-state index contributed by atoms with van der Waals surface area (Å²) >= 11 is 0. The van der Waals surface area contributed by atoms with Crippen LogP contribution >= 0.6 is 0 Å². The van der Waals surface area contributed by atoms with E-state index in [1.807, 2.05) is 13.8 Å². The average molecular weight is 183 g/mol. The van der Waals surface area contributed by atoms with Crippen molar-refractivity contribution in [3.63, 3.8) is 0 Å². The monoisotopic (exact) mass is 183 g/mol. The lowest BCUT2D eigenvalue weighted by Gasteiger charge is -2.16. The van der Waals surface area contributed by atoms with Crippen molar-refractivity contribution >= 4 is 0 Å². The van der Waals surface area contributed by atoms with E-state index in [0.717, 1.165) is 19.4 Å². The number of nitriles is 1. The minimum atomic E-state index is -0.264. The summed E-state index contributed by atoms with van der Waals surface area (Å²) in [5, 5.41) is 8.76. The summed E-state index contributed by atoms with van der Waals surface area (Å²) in [6.07, 6.45) is 2.04. The standard InChI is InChI=1S/C10H17NO2/c1-10(2,8-11)4-6-13-9-3-5-12-7-9/h9H,3-7H2,1-2H3. The molecule has 0 aromatic heterocycles. The van der Waals surface area contributed by atoms with Crippen LogP contribution in [0.1, 0.15) is 26.7 Å². The van der Waals surface area contributed by atoms with Crippen molar-refractivity contribution in [3.8, 4) is 6.07 Å². The molecule has 0 aliphatic carbocycles.